The number of methoxy groups -OCH3 is 2. The molecule has 3 aromatic carbocycles. The number of hydrogen-bond donors (Lipinski definition) is 0. The third-order valence-electron chi connectivity index (χ3n) is 5.96. The molecule has 0 aliphatic carbocycles. The number of carbonyl (C=O) groups is 1. The number of hydrogen-bond acceptors (Lipinski definition) is 6. The largest absolute Gasteiger partial charge is 0.496 e. The minimum absolute atomic E-state index is 0.0267. The van der Waals surface area contributed by atoms with Gasteiger partial charge in [-0.2, -0.15) is 0 Å². The summed E-state index contributed by atoms with van der Waals surface area (Å²) in [7, 11) is 3.04. The molecule has 6 nitrogen and oxygen atoms in total. The summed E-state index contributed by atoms with van der Waals surface area (Å²) < 4.78 is 23.0. The monoisotopic (exact) mass is 480 g/mol. The molecule has 1 unspecified atom stereocenters. The van der Waals surface area contributed by atoms with E-state index in [1.807, 2.05) is 19.9 Å². The number of fused-ring (bicyclic) bond motifs is 3. The molecule has 0 radical (unpaired) electrons. The van der Waals surface area contributed by atoms with E-state index in [1.165, 1.54) is 20.3 Å². The smallest absolute Gasteiger partial charge is 0.338 e. The highest BCUT2D eigenvalue weighted by Crippen LogP contribution is 2.44. The number of esters is 1. The maximum absolute atomic E-state index is 13.3. The molecule has 0 amide bonds. The zero-order valence-corrected chi connectivity index (χ0v) is 20.2. The van der Waals surface area contributed by atoms with Gasteiger partial charge in [-0.3, -0.25) is 4.79 Å². The molecule has 1 atom stereocenters. The summed E-state index contributed by atoms with van der Waals surface area (Å²) in [4.78, 5) is 25.9. The Labute approximate surface area is 202 Å². The summed E-state index contributed by atoms with van der Waals surface area (Å²) in [5.41, 5.74) is 1.01. The van der Waals surface area contributed by atoms with Gasteiger partial charge in [0, 0.05) is 29.0 Å². The van der Waals surface area contributed by atoms with Gasteiger partial charge in [0.25, 0.3) is 0 Å². The Morgan fingerprint density at radius 3 is 2.44 bits per heavy atom. The lowest BCUT2D eigenvalue weighted by Crippen LogP contribution is -2.11. The van der Waals surface area contributed by atoms with Crippen molar-refractivity contribution in [1.82, 2.24) is 0 Å². The molecule has 0 aliphatic rings. The lowest BCUT2D eigenvalue weighted by atomic mass is 9.98. The van der Waals surface area contributed by atoms with E-state index in [0.717, 1.165) is 6.42 Å². The molecule has 0 fully saturated rings. The van der Waals surface area contributed by atoms with Gasteiger partial charge in [0.2, 0.25) is 0 Å². The maximum Gasteiger partial charge on any atom is 0.338 e. The molecule has 0 spiro atoms. The molecule has 0 saturated carbocycles. The van der Waals surface area contributed by atoms with Crippen LogP contribution in [0.5, 0.6) is 11.5 Å². The Hall–Kier alpha value is -3.51. The van der Waals surface area contributed by atoms with Crippen LogP contribution in [0.1, 0.15) is 47.9 Å². The highest BCUT2D eigenvalue weighted by atomic mass is 35.5. The number of ether oxygens (including phenoxy) is 3. The van der Waals surface area contributed by atoms with Crippen LogP contribution in [0.2, 0.25) is 5.02 Å². The van der Waals surface area contributed by atoms with Gasteiger partial charge >= 0.3 is 5.97 Å². The van der Waals surface area contributed by atoms with Crippen LogP contribution in [-0.2, 0) is 11.3 Å². The molecular formula is C27H25ClO6. The van der Waals surface area contributed by atoms with Crippen LogP contribution in [0.4, 0.5) is 0 Å². The third-order valence-corrected chi connectivity index (χ3v) is 6.24. The summed E-state index contributed by atoms with van der Waals surface area (Å²) in [6, 6.07) is 13.6. The van der Waals surface area contributed by atoms with Gasteiger partial charge in [0.05, 0.1) is 35.6 Å². The zero-order chi connectivity index (χ0) is 24.4. The fraction of sp³-hybridized carbons (Fsp3) is 0.259. The highest BCUT2D eigenvalue weighted by Gasteiger charge is 2.23. The van der Waals surface area contributed by atoms with E-state index < -0.39 is 5.97 Å². The fourth-order valence-electron chi connectivity index (χ4n) is 3.96. The minimum Gasteiger partial charge on any atom is -0.496 e. The van der Waals surface area contributed by atoms with Gasteiger partial charge in [-0.15, -0.1) is 0 Å². The first-order chi connectivity index (χ1) is 16.4. The van der Waals surface area contributed by atoms with E-state index in [9.17, 15) is 9.59 Å². The number of carbonyl (C=O) groups excluding carboxylic acids is 1. The van der Waals surface area contributed by atoms with Crippen molar-refractivity contribution in [2.45, 2.75) is 32.8 Å². The first kappa shape index (κ1) is 23.6. The van der Waals surface area contributed by atoms with Crippen LogP contribution in [0.25, 0.3) is 21.7 Å². The second kappa shape index (κ2) is 9.77. The SMILES string of the molecule is CCC(C)c1cc(=O)c2c(COC(=O)c3ccccc3)cc3c(OC)cc(Cl)c(OC)c3c2o1. The first-order valence-electron chi connectivity index (χ1n) is 11.0. The summed E-state index contributed by atoms with van der Waals surface area (Å²) in [5, 5.41) is 1.80. The van der Waals surface area contributed by atoms with Gasteiger partial charge in [0.1, 0.15) is 29.4 Å². The Kier molecular flexibility index (Phi) is 6.80. The first-order valence-corrected chi connectivity index (χ1v) is 11.3. The van der Waals surface area contributed by atoms with Crippen molar-refractivity contribution in [3.63, 3.8) is 0 Å². The second-order valence-electron chi connectivity index (χ2n) is 8.02. The van der Waals surface area contributed by atoms with Gasteiger partial charge < -0.3 is 18.6 Å². The van der Waals surface area contributed by atoms with Crippen molar-refractivity contribution in [3.8, 4) is 11.5 Å². The van der Waals surface area contributed by atoms with Crippen molar-refractivity contribution in [2.24, 2.45) is 0 Å². The molecule has 0 saturated heterocycles. The molecule has 7 heteroatoms. The van der Waals surface area contributed by atoms with E-state index >= 15 is 0 Å². The van der Waals surface area contributed by atoms with Crippen LogP contribution >= 0.6 is 11.6 Å². The molecule has 1 aromatic heterocycles. The standard InChI is InChI=1S/C27H25ClO6/c1-5-15(2)21-13-20(29)23-17(14-33-27(30)16-9-7-6-8-10-16)11-18-22(31-3)12-19(28)25(32-4)24(18)26(23)34-21/h6-13,15H,5,14H2,1-4H3. The molecule has 1 heterocycles. The average molecular weight is 481 g/mol. The van der Waals surface area contributed by atoms with E-state index in [0.29, 0.717) is 55.2 Å². The normalized spacial score (nSPS) is 12.0. The Bertz CT molecular complexity index is 1420. The predicted molar refractivity (Wildman–Crippen MR) is 132 cm³/mol. The molecule has 4 rings (SSSR count). The van der Waals surface area contributed by atoms with Crippen molar-refractivity contribution in [1.29, 1.82) is 0 Å². The highest BCUT2D eigenvalue weighted by molar-refractivity contribution is 6.34. The quantitative estimate of drug-likeness (QED) is 0.222. The summed E-state index contributed by atoms with van der Waals surface area (Å²) in [6.07, 6.45) is 0.794. The number of rotatable bonds is 7. The molecular weight excluding hydrogens is 456 g/mol. The average Bonchev–Trinajstić information content (AvgIpc) is 2.86. The van der Waals surface area contributed by atoms with Crippen LogP contribution in [0.3, 0.4) is 0 Å². The summed E-state index contributed by atoms with van der Waals surface area (Å²) >= 11 is 6.47. The van der Waals surface area contributed by atoms with Crippen LogP contribution in [0, 0.1) is 0 Å². The van der Waals surface area contributed by atoms with Crippen LogP contribution in [0.15, 0.2) is 57.7 Å². The summed E-state index contributed by atoms with van der Waals surface area (Å²) in [6.45, 7) is 3.89. The van der Waals surface area contributed by atoms with E-state index in [4.69, 9.17) is 30.2 Å². The van der Waals surface area contributed by atoms with Crippen molar-refractivity contribution >= 4 is 39.3 Å². The molecule has 0 aliphatic heterocycles. The zero-order valence-electron chi connectivity index (χ0n) is 19.4. The molecule has 0 bridgehead atoms. The van der Waals surface area contributed by atoms with Crippen LogP contribution < -0.4 is 14.9 Å². The van der Waals surface area contributed by atoms with E-state index in [1.54, 1.807) is 36.4 Å². The van der Waals surface area contributed by atoms with E-state index in [2.05, 4.69) is 0 Å². The van der Waals surface area contributed by atoms with Gasteiger partial charge in [-0.05, 0) is 24.6 Å². The Morgan fingerprint density at radius 1 is 1.06 bits per heavy atom. The molecule has 4 aromatic rings. The second-order valence-corrected chi connectivity index (χ2v) is 8.43. The van der Waals surface area contributed by atoms with Crippen molar-refractivity contribution in [3.05, 3.63) is 80.7 Å². The lowest BCUT2D eigenvalue weighted by molar-refractivity contribution is 0.0474. The number of halogens is 1. The van der Waals surface area contributed by atoms with Crippen LogP contribution in [-0.4, -0.2) is 20.2 Å². The topological polar surface area (TPSA) is 75.0 Å². The predicted octanol–water partition coefficient (Wildman–Crippen LogP) is 6.49. The maximum atomic E-state index is 13.3. The molecule has 0 N–H and O–H groups in total. The van der Waals surface area contributed by atoms with Crippen molar-refractivity contribution in [2.75, 3.05) is 14.2 Å². The molecule has 34 heavy (non-hydrogen) atoms. The molecule has 176 valence electrons. The van der Waals surface area contributed by atoms with Gasteiger partial charge in [-0.25, -0.2) is 4.79 Å². The lowest BCUT2D eigenvalue weighted by Gasteiger charge is -2.17. The van der Waals surface area contributed by atoms with E-state index in [-0.39, 0.29) is 18.0 Å². The Morgan fingerprint density at radius 2 is 1.79 bits per heavy atom. The fourth-order valence-corrected chi connectivity index (χ4v) is 4.23. The van der Waals surface area contributed by atoms with Crippen molar-refractivity contribution < 1.29 is 23.4 Å². The minimum atomic E-state index is -0.491. The van der Waals surface area contributed by atoms with Gasteiger partial charge in [-0.1, -0.05) is 43.6 Å². The third kappa shape index (κ3) is 4.21. The number of benzene rings is 3. The van der Waals surface area contributed by atoms with Gasteiger partial charge in [0.15, 0.2) is 5.43 Å². The summed E-state index contributed by atoms with van der Waals surface area (Å²) in [5.74, 6) is 0.948. The Balaban J connectivity index is 1.99.